The minimum Gasteiger partial charge on any atom is -0.383 e. The maximum atomic E-state index is 12.6. The Balaban J connectivity index is 2.30. The number of anilines is 2. The summed E-state index contributed by atoms with van der Waals surface area (Å²) in [6.45, 7) is 0. The first-order valence-electron chi connectivity index (χ1n) is 5.26. The quantitative estimate of drug-likeness (QED) is 0.797. The molecule has 0 aliphatic carbocycles. The number of rotatable bonds is 2. The van der Waals surface area contributed by atoms with Crippen LogP contribution in [0.25, 0.3) is 0 Å². The maximum absolute atomic E-state index is 12.6. The summed E-state index contributed by atoms with van der Waals surface area (Å²) in [5.74, 6) is -0.705. The number of nitrogens with zero attached hydrogens (tertiary/aromatic N) is 1. The standard InChI is InChI=1S/C11H8ClF3N4O/c12-7-2-1-5(11(13,14)15)3-8(7)18-10(20)6-4-17-19-9(6)16/h1-4H,(H,18,20)(H3,16,17,19). The molecule has 4 N–H and O–H groups in total. The molecule has 0 spiro atoms. The highest BCUT2D eigenvalue weighted by molar-refractivity contribution is 6.34. The second kappa shape index (κ2) is 5.04. The minimum atomic E-state index is -4.53. The third-order valence-corrected chi connectivity index (χ3v) is 2.78. The lowest BCUT2D eigenvalue weighted by molar-refractivity contribution is -0.137. The van der Waals surface area contributed by atoms with E-state index in [0.29, 0.717) is 0 Å². The first-order valence-corrected chi connectivity index (χ1v) is 5.64. The second-order valence-electron chi connectivity index (χ2n) is 3.84. The van der Waals surface area contributed by atoms with Gasteiger partial charge in [-0.15, -0.1) is 0 Å². The van der Waals surface area contributed by atoms with Gasteiger partial charge in [0.25, 0.3) is 5.91 Å². The second-order valence-corrected chi connectivity index (χ2v) is 4.25. The van der Waals surface area contributed by atoms with Crippen molar-refractivity contribution >= 4 is 29.0 Å². The molecule has 1 heterocycles. The summed E-state index contributed by atoms with van der Waals surface area (Å²) < 4.78 is 37.8. The fraction of sp³-hybridized carbons (Fsp3) is 0.0909. The molecule has 9 heteroatoms. The van der Waals surface area contributed by atoms with Crippen LogP contribution < -0.4 is 11.1 Å². The number of nitrogen functional groups attached to an aromatic ring is 1. The Bertz CT molecular complexity index is 653. The molecule has 0 radical (unpaired) electrons. The number of aromatic amines is 1. The van der Waals surface area contributed by atoms with E-state index in [9.17, 15) is 18.0 Å². The van der Waals surface area contributed by atoms with Crippen LogP contribution in [0.1, 0.15) is 15.9 Å². The molecule has 1 amide bonds. The van der Waals surface area contributed by atoms with Crippen molar-refractivity contribution < 1.29 is 18.0 Å². The van der Waals surface area contributed by atoms with E-state index < -0.39 is 17.6 Å². The molecule has 5 nitrogen and oxygen atoms in total. The molecule has 20 heavy (non-hydrogen) atoms. The summed E-state index contributed by atoms with van der Waals surface area (Å²) in [6, 6.07) is 2.62. The number of aromatic nitrogens is 2. The van der Waals surface area contributed by atoms with Crippen LogP contribution in [0.5, 0.6) is 0 Å². The van der Waals surface area contributed by atoms with Gasteiger partial charge in [0, 0.05) is 0 Å². The summed E-state index contributed by atoms with van der Waals surface area (Å²) in [5, 5.41) is 8.11. The van der Waals surface area contributed by atoms with Crippen molar-refractivity contribution in [2.24, 2.45) is 0 Å². The molecule has 2 rings (SSSR count). The molecule has 0 saturated heterocycles. The zero-order chi connectivity index (χ0) is 14.9. The van der Waals surface area contributed by atoms with E-state index in [4.69, 9.17) is 17.3 Å². The van der Waals surface area contributed by atoms with E-state index in [-0.39, 0.29) is 22.1 Å². The lowest BCUT2D eigenvalue weighted by Gasteiger charge is -2.11. The van der Waals surface area contributed by atoms with Crippen LogP contribution >= 0.6 is 11.6 Å². The number of amides is 1. The van der Waals surface area contributed by atoms with Crippen LogP contribution in [-0.4, -0.2) is 16.1 Å². The first kappa shape index (κ1) is 14.2. The smallest absolute Gasteiger partial charge is 0.383 e. The van der Waals surface area contributed by atoms with Crippen LogP contribution in [0, 0.1) is 0 Å². The summed E-state index contributed by atoms with van der Waals surface area (Å²) in [7, 11) is 0. The summed E-state index contributed by atoms with van der Waals surface area (Å²) >= 11 is 5.75. The van der Waals surface area contributed by atoms with Gasteiger partial charge in [0.1, 0.15) is 11.4 Å². The number of alkyl halides is 3. The number of hydrogen-bond donors (Lipinski definition) is 3. The first-order chi connectivity index (χ1) is 9.29. The summed E-state index contributed by atoms with van der Waals surface area (Å²) in [6.07, 6.45) is -3.37. The highest BCUT2D eigenvalue weighted by Gasteiger charge is 2.31. The molecule has 0 aliphatic rings. The van der Waals surface area contributed by atoms with Gasteiger partial charge in [-0.1, -0.05) is 11.6 Å². The van der Waals surface area contributed by atoms with Crippen molar-refractivity contribution in [3.8, 4) is 0 Å². The van der Waals surface area contributed by atoms with E-state index in [2.05, 4.69) is 15.5 Å². The SMILES string of the molecule is Nc1[nH]ncc1C(=O)Nc1cc(C(F)(F)F)ccc1Cl. The third-order valence-electron chi connectivity index (χ3n) is 2.46. The molecular weight excluding hydrogens is 297 g/mol. The Morgan fingerprint density at radius 1 is 1.40 bits per heavy atom. The molecule has 1 aromatic carbocycles. The van der Waals surface area contributed by atoms with Gasteiger partial charge in [-0.05, 0) is 18.2 Å². The topological polar surface area (TPSA) is 83.8 Å². The molecule has 0 saturated carbocycles. The van der Waals surface area contributed by atoms with E-state index in [1.165, 1.54) is 0 Å². The Hall–Kier alpha value is -2.22. The number of benzene rings is 1. The molecular formula is C11H8ClF3N4O. The number of nitrogens with one attached hydrogen (secondary N) is 2. The zero-order valence-electron chi connectivity index (χ0n) is 9.75. The molecule has 0 aliphatic heterocycles. The molecule has 2 aromatic rings. The van der Waals surface area contributed by atoms with Crippen molar-refractivity contribution in [2.75, 3.05) is 11.1 Å². The van der Waals surface area contributed by atoms with Gasteiger partial charge in [-0.2, -0.15) is 18.3 Å². The number of H-pyrrole nitrogens is 1. The normalized spacial score (nSPS) is 11.4. The number of carbonyl (C=O) groups excluding carboxylic acids is 1. The zero-order valence-corrected chi connectivity index (χ0v) is 10.5. The average molecular weight is 305 g/mol. The van der Waals surface area contributed by atoms with Crippen molar-refractivity contribution in [1.82, 2.24) is 10.2 Å². The third kappa shape index (κ3) is 2.85. The van der Waals surface area contributed by atoms with Crippen LogP contribution in [0.3, 0.4) is 0 Å². The number of hydrogen-bond acceptors (Lipinski definition) is 3. The van der Waals surface area contributed by atoms with E-state index >= 15 is 0 Å². The maximum Gasteiger partial charge on any atom is 0.416 e. The molecule has 106 valence electrons. The molecule has 0 unspecified atom stereocenters. The van der Waals surface area contributed by atoms with Gasteiger partial charge in [-0.25, -0.2) is 0 Å². The monoisotopic (exact) mass is 304 g/mol. The Morgan fingerprint density at radius 3 is 2.65 bits per heavy atom. The highest BCUT2D eigenvalue weighted by Crippen LogP contribution is 2.34. The molecule has 0 fully saturated rings. The van der Waals surface area contributed by atoms with Gasteiger partial charge in [0.05, 0.1) is 22.5 Å². The van der Waals surface area contributed by atoms with Gasteiger partial charge >= 0.3 is 6.18 Å². The Kier molecular flexibility index (Phi) is 3.58. The Morgan fingerprint density at radius 2 is 2.10 bits per heavy atom. The summed E-state index contributed by atoms with van der Waals surface area (Å²) in [5.41, 5.74) is 4.37. The minimum absolute atomic E-state index is 0.00518. The van der Waals surface area contributed by atoms with Gasteiger partial charge in [-0.3, -0.25) is 9.89 Å². The van der Waals surface area contributed by atoms with E-state index in [0.717, 1.165) is 24.4 Å². The number of nitrogens with two attached hydrogens (primary N) is 1. The van der Waals surface area contributed by atoms with Crippen LogP contribution in [0.15, 0.2) is 24.4 Å². The van der Waals surface area contributed by atoms with E-state index in [1.807, 2.05) is 0 Å². The molecule has 0 bridgehead atoms. The van der Waals surface area contributed by atoms with Crippen molar-refractivity contribution in [3.05, 3.63) is 40.5 Å². The fourth-order valence-electron chi connectivity index (χ4n) is 1.46. The van der Waals surface area contributed by atoms with Crippen molar-refractivity contribution in [1.29, 1.82) is 0 Å². The Labute approximate surface area is 115 Å². The fourth-order valence-corrected chi connectivity index (χ4v) is 1.63. The highest BCUT2D eigenvalue weighted by atomic mass is 35.5. The van der Waals surface area contributed by atoms with Crippen molar-refractivity contribution in [2.45, 2.75) is 6.18 Å². The average Bonchev–Trinajstić information content (AvgIpc) is 2.77. The lowest BCUT2D eigenvalue weighted by atomic mass is 10.2. The van der Waals surface area contributed by atoms with Gasteiger partial charge in [0.15, 0.2) is 0 Å². The molecule has 1 aromatic heterocycles. The molecule has 0 atom stereocenters. The predicted molar refractivity (Wildman–Crippen MR) is 67.4 cm³/mol. The predicted octanol–water partition coefficient (Wildman–Crippen LogP) is 2.92. The summed E-state index contributed by atoms with van der Waals surface area (Å²) in [4.78, 5) is 11.8. The van der Waals surface area contributed by atoms with Crippen LogP contribution in [0.2, 0.25) is 5.02 Å². The number of halogens is 4. The van der Waals surface area contributed by atoms with Crippen LogP contribution in [-0.2, 0) is 6.18 Å². The van der Waals surface area contributed by atoms with Gasteiger partial charge in [0.2, 0.25) is 0 Å². The van der Waals surface area contributed by atoms with Gasteiger partial charge < -0.3 is 11.1 Å². The van der Waals surface area contributed by atoms with Crippen molar-refractivity contribution in [3.63, 3.8) is 0 Å². The largest absolute Gasteiger partial charge is 0.416 e. The number of carbonyl (C=O) groups is 1. The lowest BCUT2D eigenvalue weighted by Crippen LogP contribution is -2.14. The van der Waals surface area contributed by atoms with Crippen LogP contribution in [0.4, 0.5) is 24.7 Å². The van der Waals surface area contributed by atoms with E-state index in [1.54, 1.807) is 0 Å².